The fraction of sp³-hybridized carbons (Fsp3) is 0.500. The van der Waals surface area contributed by atoms with Crippen molar-refractivity contribution in [1.82, 2.24) is 14.8 Å². The Morgan fingerprint density at radius 2 is 2.00 bits per heavy atom. The number of aromatic nitrogens is 3. The maximum absolute atomic E-state index is 9.01. The summed E-state index contributed by atoms with van der Waals surface area (Å²) in [6.07, 6.45) is 3.00. The average Bonchev–Trinajstić information content (AvgIpc) is 2.96. The molecule has 0 fully saturated rings. The molecule has 0 spiro atoms. The molecule has 1 heterocycles. The molecule has 0 saturated heterocycles. The summed E-state index contributed by atoms with van der Waals surface area (Å²) in [5.41, 5.74) is 2.16. The number of benzene rings is 1. The van der Waals surface area contributed by atoms with E-state index in [2.05, 4.69) is 47.5 Å². The van der Waals surface area contributed by atoms with Crippen molar-refractivity contribution in [2.75, 3.05) is 37.1 Å². The minimum absolute atomic E-state index is 0.154. The van der Waals surface area contributed by atoms with Crippen LogP contribution in [0.5, 0.6) is 0 Å². The predicted octanol–water partition coefficient (Wildman–Crippen LogP) is 2.30. The normalized spacial score (nSPS) is 10.9. The van der Waals surface area contributed by atoms with E-state index in [4.69, 9.17) is 5.11 Å². The zero-order valence-corrected chi connectivity index (χ0v) is 14.3. The molecule has 2 aromatic rings. The molecule has 1 N–H and O–H groups in total. The highest BCUT2D eigenvalue weighted by Gasteiger charge is 2.11. The quantitative estimate of drug-likeness (QED) is 0.809. The van der Waals surface area contributed by atoms with Crippen LogP contribution in [-0.4, -0.2) is 52.1 Å². The number of thioether (sulfide) groups is 1. The third-order valence-electron chi connectivity index (χ3n) is 3.55. The van der Waals surface area contributed by atoms with Crippen LogP contribution >= 0.6 is 11.8 Å². The molecule has 0 aliphatic heterocycles. The second kappa shape index (κ2) is 8.19. The second-order valence-electron chi connectivity index (χ2n) is 5.10. The Morgan fingerprint density at radius 3 is 2.59 bits per heavy atom. The number of nitrogens with zero attached hydrogens (tertiary/aromatic N) is 4. The molecule has 0 aliphatic rings. The highest BCUT2D eigenvalue weighted by Crippen LogP contribution is 2.22. The number of aryl methyl sites for hydroxylation is 2. The van der Waals surface area contributed by atoms with Gasteiger partial charge in [0.05, 0.1) is 6.61 Å². The fourth-order valence-corrected chi connectivity index (χ4v) is 2.65. The molecule has 2 rings (SSSR count). The van der Waals surface area contributed by atoms with Crippen LogP contribution in [0.25, 0.3) is 11.4 Å². The molecule has 1 aromatic heterocycles. The average molecular weight is 320 g/mol. The molecule has 0 saturated carbocycles. The third kappa shape index (κ3) is 4.01. The molecule has 0 radical (unpaired) electrons. The van der Waals surface area contributed by atoms with Crippen LogP contribution in [0.2, 0.25) is 0 Å². The first-order chi connectivity index (χ1) is 10.7. The summed E-state index contributed by atoms with van der Waals surface area (Å²) >= 11 is 1.81. The van der Waals surface area contributed by atoms with Gasteiger partial charge in [0.25, 0.3) is 0 Å². The summed E-state index contributed by atoms with van der Waals surface area (Å²) in [5, 5.41) is 13.6. The largest absolute Gasteiger partial charge is 0.395 e. The van der Waals surface area contributed by atoms with E-state index >= 15 is 0 Å². The van der Waals surface area contributed by atoms with Crippen molar-refractivity contribution in [3.63, 3.8) is 0 Å². The first kappa shape index (κ1) is 16.8. The van der Waals surface area contributed by atoms with Crippen LogP contribution < -0.4 is 4.90 Å². The van der Waals surface area contributed by atoms with Crippen molar-refractivity contribution in [2.24, 2.45) is 0 Å². The van der Waals surface area contributed by atoms with Crippen LogP contribution in [0.4, 0.5) is 5.69 Å². The first-order valence-corrected chi connectivity index (χ1v) is 8.94. The van der Waals surface area contributed by atoms with Gasteiger partial charge in [-0.1, -0.05) is 0 Å². The lowest BCUT2D eigenvalue weighted by Gasteiger charge is -2.18. The van der Waals surface area contributed by atoms with Crippen molar-refractivity contribution in [1.29, 1.82) is 0 Å². The molecule has 22 heavy (non-hydrogen) atoms. The van der Waals surface area contributed by atoms with Gasteiger partial charge in [-0.2, -0.15) is 16.9 Å². The summed E-state index contributed by atoms with van der Waals surface area (Å²) < 4.78 is 1.96. The molecule has 0 aliphatic carbocycles. The van der Waals surface area contributed by atoms with Gasteiger partial charge in [-0.3, -0.25) is 0 Å². The van der Waals surface area contributed by atoms with Gasteiger partial charge >= 0.3 is 0 Å². The maximum atomic E-state index is 9.01. The monoisotopic (exact) mass is 320 g/mol. The Balaban J connectivity index is 2.21. The van der Waals surface area contributed by atoms with Crippen LogP contribution in [-0.2, 0) is 13.0 Å². The summed E-state index contributed by atoms with van der Waals surface area (Å²) in [7, 11) is 1.97. The molecule has 1 aromatic carbocycles. The van der Waals surface area contributed by atoms with Crippen molar-refractivity contribution in [2.45, 2.75) is 19.9 Å². The first-order valence-electron chi connectivity index (χ1n) is 7.54. The second-order valence-corrected chi connectivity index (χ2v) is 6.09. The van der Waals surface area contributed by atoms with Gasteiger partial charge in [0.15, 0.2) is 11.6 Å². The highest BCUT2D eigenvalue weighted by atomic mass is 32.2. The molecular weight excluding hydrogens is 296 g/mol. The van der Waals surface area contributed by atoms with Crippen LogP contribution in [0, 0.1) is 0 Å². The standard InChI is InChI=1S/C16H24N4OS/c1-4-20-16(17-15(18-20)9-12-22-3)13-5-7-14(8-6-13)19(2)10-11-21/h5-8,21H,4,9-12H2,1-3H3. The number of rotatable bonds is 8. The Labute approximate surface area is 136 Å². The van der Waals surface area contributed by atoms with Gasteiger partial charge in [-0.25, -0.2) is 9.67 Å². The van der Waals surface area contributed by atoms with E-state index in [9.17, 15) is 0 Å². The lowest BCUT2D eigenvalue weighted by molar-refractivity contribution is 0.304. The molecule has 5 nitrogen and oxygen atoms in total. The van der Waals surface area contributed by atoms with Gasteiger partial charge in [-0.05, 0) is 37.4 Å². The Hall–Kier alpha value is -1.53. The predicted molar refractivity (Wildman–Crippen MR) is 93.6 cm³/mol. The topological polar surface area (TPSA) is 54.2 Å². The van der Waals surface area contributed by atoms with Gasteiger partial charge in [0.1, 0.15) is 0 Å². The number of aliphatic hydroxyl groups is 1. The Kier molecular flexibility index (Phi) is 6.27. The van der Waals surface area contributed by atoms with E-state index in [1.165, 1.54) is 0 Å². The van der Waals surface area contributed by atoms with E-state index in [1.54, 1.807) is 0 Å². The molecule has 0 amide bonds. The van der Waals surface area contributed by atoms with Gasteiger partial charge in [0.2, 0.25) is 0 Å². The molecule has 6 heteroatoms. The van der Waals surface area contributed by atoms with Crippen LogP contribution in [0.1, 0.15) is 12.7 Å². The van der Waals surface area contributed by atoms with Crippen LogP contribution in [0.15, 0.2) is 24.3 Å². The maximum Gasteiger partial charge on any atom is 0.158 e. The molecule has 120 valence electrons. The molecule has 0 atom stereocenters. The van der Waals surface area contributed by atoms with Gasteiger partial charge in [0, 0.05) is 43.6 Å². The van der Waals surface area contributed by atoms with Crippen molar-refractivity contribution in [3.8, 4) is 11.4 Å². The Morgan fingerprint density at radius 1 is 1.27 bits per heavy atom. The van der Waals surface area contributed by atoms with Crippen LogP contribution in [0.3, 0.4) is 0 Å². The molecule has 0 bridgehead atoms. The number of hydrogen-bond acceptors (Lipinski definition) is 5. The van der Waals surface area contributed by atoms with E-state index in [0.717, 1.165) is 41.6 Å². The minimum Gasteiger partial charge on any atom is -0.395 e. The summed E-state index contributed by atoms with van der Waals surface area (Å²) in [6, 6.07) is 8.25. The SMILES string of the molecule is CCn1nc(CCSC)nc1-c1ccc(N(C)CCO)cc1. The summed E-state index contributed by atoms with van der Waals surface area (Å²) in [5.74, 6) is 2.88. The molecule has 0 unspecified atom stereocenters. The third-order valence-corrected chi connectivity index (χ3v) is 4.16. The zero-order valence-electron chi connectivity index (χ0n) is 13.5. The lowest BCUT2D eigenvalue weighted by atomic mass is 10.2. The fourth-order valence-electron chi connectivity index (χ4n) is 2.27. The number of hydrogen-bond donors (Lipinski definition) is 1. The van der Waals surface area contributed by atoms with E-state index in [-0.39, 0.29) is 6.61 Å². The lowest BCUT2D eigenvalue weighted by Crippen LogP contribution is -2.20. The number of anilines is 1. The number of likely N-dealkylation sites (N-methyl/N-ethyl adjacent to an activating group) is 1. The Bertz CT molecular complexity index is 582. The van der Waals surface area contributed by atoms with Crippen molar-refractivity contribution < 1.29 is 5.11 Å². The van der Waals surface area contributed by atoms with E-state index < -0.39 is 0 Å². The van der Waals surface area contributed by atoms with Gasteiger partial charge in [-0.15, -0.1) is 0 Å². The smallest absolute Gasteiger partial charge is 0.158 e. The zero-order chi connectivity index (χ0) is 15.9. The van der Waals surface area contributed by atoms with Gasteiger partial charge < -0.3 is 10.0 Å². The van der Waals surface area contributed by atoms with E-state index in [0.29, 0.717) is 6.54 Å². The van der Waals surface area contributed by atoms with Crippen molar-refractivity contribution >= 4 is 17.4 Å². The summed E-state index contributed by atoms with van der Waals surface area (Å²) in [6.45, 7) is 3.68. The highest BCUT2D eigenvalue weighted by molar-refractivity contribution is 7.98. The van der Waals surface area contributed by atoms with Crippen molar-refractivity contribution in [3.05, 3.63) is 30.1 Å². The molecular formula is C16H24N4OS. The van der Waals surface area contributed by atoms with E-state index in [1.807, 2.05) is 28.4 Å². The minimum atomic E-state index is 0.154. The summed E-state index contributed by atoms with van der Waals surface area (Å²) in [4.78, 5) is 6.71. The number of aliphatic hydroxyl groups excluding tert-OH is 1.